The maximum Gasteiger partial charge on any atom is 0.249 e. The van der Waals surface area contributed by atoms with Gasteiger partial charge in [-0.15, -0.1) is 0 Å². The molecule has 0 saturated carbocycles. The second-order valence-corrected chi connectivity index (χ2v) is 5.70. The predicted molar refractivity (Wildman–Crippen MR) is 87.5 cm³/mol. The first-order valence-electron chi connectivity index (χ1n) is 7.24. The maximum atomic E-state index is 11.9. The fourth-order valence-corrected chi connectivity index (χ4v) is 2.88. The molecule has 0 unspecified atom stereocenters. The summed E-state index contributed by atoms with van der Waals surface area (Å²) in [5.41, 5.74) is 3.41. The highest BCUT2D eigenvalue weighted by Gasteiger charge is 2.20. The van der Waals surface area contributed by atoms with Gasteiger partial charge in [0.1, 0.15) is 0 Å². The third-order valence-corrected chi connectivity index (χ3v) is 3.94. The van der Waals surface area contributed by atoms with Crippen molar-refractivity contribution in [1.82, 2.24) is 9.97 Å². The zero-order valence-electron chi connectivity index (χ0n) is 12.1. The fourth-order valence-electron chi connectivity index (χ4n) is 2.69. The quantitative estimate of drug-likeness (QED) is 0.784. The summed E-state index contributed by atoms with van der Waals surface area (Å²) in [6, 6.07) is 12.5. The van der Waals surface area contributed by atoms with Crippen LogP contribution < -0.4 is 5.56 Å². The number of nitrogens with zero attached hydrogens (tertiary/aromatic N) is 1. The first kappa shape index (κ1) is 14.4. The van der Waals surface area contributed by atoms with Gasteiger partial charge in [0.15, 0.2) is 0 Å². The monoisotopic (exact) mass is 328 g/mol. The van der Waals surface area contributed by atoms with Gasteiger partial charge in [-0.05, 0) is 29.8 Å². The molecule has 3 aromatic rings. The van der Waals surface area contributed by atoms with Gasteiger partial charge < -0.3 is 14.5 Å². The molecule has 116 valence electrons. The van der Waals surface area contributed by atoms with E-state index in [4.69, 9.17) is 21.1 Å². The molecule has 23 heavy (non-hydrogen) atoms. The number of halogens is 1. The zero-order valence-corrected chi connectivity index (χ0v) is 12.8. The van der Waals surface area contributed by atoms with E-state index in [0.29, 0.717) is 35.0 Å². The van der Waals surface area contributed by atoms with Crippen molar-refractivity contribution in [3.05, 3.63) is 63.5 Å². The van der Waals surface area contributed by atoms with Crippen LogP contribution in [-0.4, -0.2) is 23.2 Å². The lowest BCUT2D eigenvalue weighted by Gasteiger charge is -2.11. The lowest BCUT2D eigenvalue weighted by molar-refractivity contribution is -0.0470. The third-order valence-electron chi connectivity index (χ3n) is 3.70. The van der Waals surface area contributed by atoms with Gasteiger partial charge in [0, 0.05) is 16.7 Å². The summed E-state index contributed by atoms with van der Waals surface area (Å²) < 4.78 is 11.0. The molecule has 4 rings (SSSR count). The first-order chi connectivity index (χ1) is 11.2. The molecule has 1 aliphatic rings. The van der Waals surface area contributed by atoms with Gasteiger partial charge in [0.05, 0.1) is 29.9 Å². The summed E-state index contributed by atoms with van der Waals surface area (Å²) in [5.74, 6) is 0. The molecule has 1 aliphatic heterocycles. The third kappa shape index (κ3) is 2.74. The van der Waals surface area contributed by atoms with Crippen LogP contribution in [0.2, 0.25) is 5.02 Å². The predicted octanol–water partition coefficient (Wildman–Crippen LogP) is 3.29. The van der Waals surface area contributed by atoms with Crippen molar-refractivity contribution >= 4 is 22.6 Å². The number of nitrogens with one attached hydrogen (secondary N) is 1. The molecule has 5 nitrogen and oxygen atoms in total. The number of H-pyrrole nitrogens is 1. The van der Waals surface area contributed by atoms with Crippen molar-refractivity contribution in [3.63, 3.8) is 0 Å². The van der Waals surface area contributed by atoms with E-state index in [9.17, 15) is 4.79 Å². The van der Waals surface area contributed by atoms with Crippen LogP contribution in [0.25, 0.3) is 22.2 Å². The molecule has 3 heterocycles. The Kier molecular flexibility index (Phi) is 3.61. The van der Waals surface area contributed by atoms with Gasteiger partial charge in [0.25, 0.3) is 0 Å². The van der Waals surface area contributed by atoms with Crippen molar-refractivity contribution in [1.29, 1.82) is 0 Å². The maximum absolute atomic E-state index is 11.9. The van der Waals surface area contributed by atoms with Crippen molar-refractivity contribution in [2.45, 2.75) is 6.29 Å². The minimum atomic E-state index is -0.460. The highest BCUT2D eigenvalue weighted by molar-refractivity contribution is 6.30. The van der Waals surface area contributed by atoms with Crippen LogP contribution in [0.4, 0.5) is 0 Å². The van der Waals surface area contributed by atoms with Gasteiger partial charge in [-0.25, -0.2) is 4.98 Å². The summed E-state index contributed by atoms with van der Waals surface area (Å²) >= 11 is 6.07. The number of hydrogen-bond acceptors (Lipinski definition) is 4. The Morgan fingerprint density at radius 3 is 2.74 bits per heavy atom. The lowest BCUT2D eigenvalue weighted by Crippen LogP contribution is -2.08. The van der Waals surface area contributed by atoms with Crippen LogP contribution in [0.5, 0.6) is 0 Å². The van der Waals surface area contributed by atoms with Crippen molar-refractivity contribution < 1.29 is 9.47 Å². The Morgan fingerprint density at radius 2 is 1.96 bits per heavy atom. The molecule has 0 spiro atoms. The number of benzene rings is 1. The van der Waals surface area contributed by atoms with Crippen LogP contribution >= 0.6 is 11.6 Å². The summed E-state index contributed by atoms with van der Waals surface area (Å²) in [6.07, 6.45) is -0.460. The standard InChI is InChI=1S/C17H13ClN2O3/c18-11-3-1-2-10(8-11)12-9-15(21)19-13-4-5-14(20-16(12)13)17-22-6-7-23-17/h1-5,8-9,17H,6-7H2,(H,19,21). The molecular formula is C17H13ClN2O3. The number of aromatic amines is 1. The Hall–Kier alpha value is -2.21. The Bertz CT molecular complexity index is 933. The smallest absolute Gasteiger partial charge is 0.249 e. The average molecular weight is 329 g/mol. The second kappa shape index (κ2) is 5.77. The van der Waals surface area contributed by atoms with Crippen molar-refractivity contribution in [2.75, 3.05) is 13.2 Å². The van der Waals surface area contributed by atoms with Crippen LogP contribution in [0.3, 0.4) is 0 Å². The van der Waals surface area contributed by atoms with Crippen LogP contribution in [0.15, 0.2) is 47.3 Å². The molecule has 0 aliphatic carbocycles. The highest BCUT2D eigenvalue weighted by atomic mass is 35.5. The number of rotatable bonds is 2. The van der Waals surface area contributed by atoms with Gasteiger partial charge in [-0.2, -0.15) is 0 Å². The number of ether oxygens (including phenoxy) is 2. The topological polar surface area (TPSA) is 64.2 Å². The number of fused-ring (bicyclic) bond motifs is 1. The average Bonchev–Trinajstić information content (AvgIpc) is 3.08. The normalized spacial score (nSPS) is 15.3. The van der Waals surface area contributed by atoms with E-state index >= 15 is 0 Å². The second-order valence-electron chi connectivity index (χ2n) is 5.26. The van der Waals surface area contributed by atoms with Crippen LogP contribution in [0.1, 0.15) is 12.0 Å². The molecule has 0 atom stereocenters. The Balaban J connectivity index is 1.94. The molecule has 1 aromatic carbocycles. The molecule has 2 aromatic heterocycles. The van der Waals surface area contributed by atoms with Gasteiger partial charge >= 0.3 is 0 Å². The largest absolute Gasteiger partial charge is 0.345 e. The molecule has 0 radical (unpaired) electrons. The van der Waals surface area contributed by atoms with Crippen LogP contribution in [0, 0.1) is 0 Å². The number of aromatic nitrogens is 2. The van der Waals surface area contributed by atoms with E-state index in [2.05, 4.69) is 9.97 Å². The van der Waals surface area contributed by atoms with E-state index in [1.54, 1.807) is 12.1 Å². The fraction of sp³-hybridized carbons (Fsp3) is 0.176. The molecule has 0 amide bonds. The first-order valence-corrected chi connectivity index (χ1v) is 7.62. The Morgan fingerprint density at radius 1 is 1.13 bits per heavy atom. The van der Waals surface area contributed by atoms with E-state index < -0.39 is 6.29 Å². The highest BCUT2D eigenvalue weighted by Crippen LogP contribution is 2.29. The van der Waals surface area contributed by atoms with E-state index in [0.717, 1.165) is 11.1 Å². The molecule has 1 fully saturated rings. The summed E-state index contributed by atoms with van der Waals surface area (Å²) in [7, 11) is 0. The van der Waals surface area contributed by atoms with E-state index in [-0.39, 0.29) is 5.56 Å². The summed E-state index contributed by atoms with van der Waals surface area (Å²) in [5, 5.41) is 0.606. The number of pyridine rings is 2. The summed E-state index contributed by atoms with van der Waals surface area (Å²) in [6.45, 7) is 1.11. The number of hydrogen-bond donors (Lipinski definition) is 1. The van der Waals surface area contributed by atoms with Crippen molar-refractivity contribution in [2.24, 2.45) is 0 Å². The van der Waals surface area contributed by atoms with Gasteiger partial charge in [0.2, 0.25) is 11.8 Å². The Labute approximate surface area is 136 Å². The minimum Gasteiger partial charge on any atom is -0.345 e. The van der Waals surface area contributed by atoms with Crippen molar-refractivity contribution in [3.8, 4) is 11.1 Å². The van der Waals surface area contributed by atoms with E-state index in [1.165, 1.54) is 6.07 Å². The van der Waals surface area contributed by atoms with Gasteiger partial charge in [-0.3, -0.25) is 4.79 Å². The van der Waals surface area contributed by atoms with Gasteiger partial charge in [-0.1, -0.05) is 23.7 Å². The molecular weight excluding hydrogens is 316 g/mol. The molecule has 1 N–H and O–H groups in total. The van der Waals surface area contributed by atoms with Crippen LogP contribution in [-0.2, 0) is 9.47 Å². The molecule has 0 bridgehead atoms. The summed E-state index contributed by atoms with van der Waals surface area (Å²) in [4.78, 5) is 19.4. The SMILES string of the molecule is O=c1cc(-c2cccc(Cl)c2)c2nc(C3OCCO3)ccc2[nH]1. The van der Waals surface area contributed by atoms with E-state index in [1.807, 2.05) is 24.3 Å². The molecule has 1 saturated heterocycles. The molecule has 6 heteroatoms. The zero-order chi connectivity index (χ0) is 15.8. The minimum absolute atomic E-state index is 0.185. The lowest BCUT2D eigenvalue weighted by atomic mass is 10.0.